The van der Waals surface area contributed by atoms with Gasteiger partial charge in [0.1, 0.15) is 11.4 Å². The fourth-order valence-electron chi connectivity index (χ4n) is 7.10. The van der Waals surface area contributed by atoms with Crippen molar-refractivity contribution < 1.29 is 14.6 Å². The van der Waals surface area contributed by atoms with E-state index in [4.69, 9.17) is 4.74 Å². The number of hydrogen-bond donors (Lipinski definition) is 3. The molecule has 1 spiro atoms. The number of amides is 1. The minimum Gasteiger partial charge on any atom is -0.497 e. The number of aryl methyl sites for hydroxylation is 1. The average molecular weight is 517 g/mol. The van der Waals surface area contributed by atoms with Crippen molar-refractivity contribution in [1.82, 2.24) is 14.8 Å². The van der Waals surface area contributed by atoms with Crippen LogP contribution in [0.5, 0.6) is 5.75 Å². The molecular formula is C31H40N4O3. The van der Waals surface area contributed by atoms with Crippen LogP contribution in [-0.4, -0.2) is 78.3 Å². The number of nitrogens with zero attached hydrogens (tertiary/aromatic N) is 2. The zero-order valence-corrected chi connectivity index (χ0v) is 22.8. The first-order valence-electron chi connectivity index (χ1n) is 14.1. The molecule has 38 heavy (non-hydrogen) atoms. The number of aliphatic hydroxyl groups excluding tert-OH is 1. The smallest absolute Gasteiger partial charge is 0.270 e. The molecule has 0 aliphatic carbocycles. The number of aromatic amines is 1. The van der Waals surface area contributed by atoms with Gasteiger partial charge in [-0.25, -0.2) is 0 Å². The number of aromatic nitrogens is 1. The Hall–Kier alpha value is -3.03. The highest BCUT2D eigenvalue weighted by Crippen LogP contribution is 2.47. The third-order valence-electron chi connectivity index (χ3n) is 9.53. The molecule has 2 saturated heterocycles. The van der Waals surface area contributed by atoms with Crippen molar-refractivity contribution in [3.63, 3.8) is 0 Å². The van der Waals surface area contributed by atoms with Crippen LogP contribution in [-0.2, 0) is 5.41 Å². The molecule has 0 radical (unpaired) electrons. The van der Waals surface area contributed by atoms with Gasteiger partial charge >= 0.3 is 0 Å². The summed E-state index contributed by atoms with van der Waals surface area (Å²) in [5, 5.41) is 15.8. The number of aliphatic hydroxyl groups is 1. The Morgan fingerprint density at radius 3 is 2.74 bits per heavy atom. The number of ether oxygens (including phenoxy) is 1. The normalized spacial score (nSPS) is 24.9. The summed E-state index contributed by atoms with van der Waals surface area (Å²) in [5.74, 6) is 1.57. The van der Waals surface area contributed by atoms with E-state index in [0.717, 1.165) is 62.1 Å². The fraction of sp³-hybridized carbons (Fsp3) is 0.516. The summed E-state index contributed by atoms with van der Waals surface area (Å²) in [6, 6.07) is 14.5. The standard InChI is InChI=1S/C31H40N4O3/c1-20-4-6-25-27(14-20)32-19-31(25)10-13-34(17-21(31)2)18-29(36)22-8-11-35(12-9-22)30(37)28-16-23-15-24(38-3)5-7-26(23)33-28/h4-7,14-16,21-22,29,32-33,36H,8-13,17-19H2,1-3H3/t21-,29?,31+/m1/s1. The molecule has 1 aromatic heterocycles. The molecule has 6 rings (SSSR count). The van der Waals surface area contributed by atoms with E-state index in [1.165, 1.54) is 16.8 Å². The van der Waals surface area contributed by atoms with Gasteiger partial charge < -0.3 is 29.9 Å². The molecule has 3 aromatic rings. The van der Waals surface area contributed by atoms with Gasteiger partial charge in [-0.05, 0) is 86.0 Å². The molecule has 4 heterocycles. The number of H-pyrrole nitrogens is 1. The summed E-state index contributed by atoms with van der Waals surface area (Å²) < 4.78 is 5.31. The van der Waals surface area contributed by atoms with Gasteiger partial charge in [0, 0.05) is 54.7 Å². The zero-order chi connectivity index (χ0) is 26.4. The Morgan fingerprint density at radius 2 is 1.97 bits per heavy atom. The second kappa shape index (κ2) is 9.93. The molecule has 3 N–H and O–H groups in total. The molecule has 0 bridgehead atoms. The number of methoxy groups -OCH3 is 1. The van der Waals surface area contributed by atoms with Gasteiger partial charge in [-0.15, -0.1) is 0 Å². The number of piperidine rings is 2. The second-order valence-electron chi connectivity index (χ2n) is 11.8. The summed E-state index contributed by atoms with van der Waals surface area (Å²) in [5.41, 5.74) is 5.83. The lowest BCUT2D eigenvalue weighted by Gasteiger charge is -2.46. The molecule has 202 valence electrons. The lowest BCUT2D eigenvalue weighted by Crippen LogP contribution is -2.52. The summed E-state index contributed by atoms with van der Waals surface area (Å²) in [7, 11) is 1.65. The maximum atomic E-state index is 13.2. The van der Waals surface area contributed by atoms with Crippen molar-refractivity contribution in [3.8, 4) is 5.75 Å². The molecule has 7 heteroatoms. The van der Waals surface area contributed by atoms with Gasteiger partial charge in [0.15, 0.2) is 0 Å². The lowest BCUT2D eigenvalue weighted by atomic mass is 9.67. The first kappa shape index (κ1) is 25.3. The topological polar surface area (TPSA) is 80.8 Å². The van der Waals surface area contributed by atoms with E-state index in [2.05, 4.69) is 47.2 Å². The lowest BCUT2D eigenvalue weighted by molar-refractivity contribution is 0.0110. The van der Waals surface area contributed by atoms with Crippen LogP contribution in [0.15, 0.2) is 42.5 Å². The molecule has 0 saturated carbocycles. The van der Waals surface area contributed by atoms with Gasteiger partial charge in [-0.2, -0.15) is 0 Å². The number of carbonyl (C=O) groups is 1. The van der Waals surface area contributed by atoms with E-state index in [1.807, 2.05) is 29.2 Å². The Morgan fingerprint density at radius 1 is 1.16 bits per heavy atom. The minimum absolute atomic E-state index is 0.0314. The highest BCUT2D eigenvalue weighted by molar-refractivity contribution is 5.98. The number of fused-ring (bicyclic) bond motifs is 3. The fourth-order valence-corrected chi connectivity index (χ4v) is 7.10. The number of hydrogen-bond acceptors (Lipinski definition) is 5. The Kier molecular flexibility index (Phi) is 6.60. The number of carbonyl (C=O) groups excluding carboxylic acids is 1. The predicted molar refractivity (Wildman–Crippen MR) is 151 cm³/mol. The highest BCUT2D eigenvalue weighted by atomic mass is 16.5. The highest BCUT2D eigenvalue weighted by Gasteiger charge is 2.46. The van der Waals surface area contributed by atoms with Gasteiger partial charge in [0.25, 0.3) is 5.91 Å². The molecule has 1 amide bonds. The van der Waals surface area contributed by atoms with Crippen LogP contribution in [0.25, 0.3) is 10.9 Å². The third-order valence-corrected chi connectivity index (χ3v) is 9.53. The number of rotatable bonds is 5. The van der Waals surface area contributed by atoms with Gasteiger partial charge in [0.05, 0.1) is 13.2 Å². The monoisotopic (exact) mass is 516 g/mol. The van der Waals surface area contributed by atoms with Crippen LogP contribution in [0.4, 0.5) is 5.69 Å². The van der Waals surface area contributed by atoms with Crippen molar-refractivity contribution in [2.75, 3.05) is 51.7 Å². The first-order chi connectivity index (χ1) is 18.4. The van der Waals surface area contributed by atoms with E-state index in [9.17, 15) is 9.90 Å². The Bertz CT molecular complexity index is 1330. The van der Waals surface area contributed by atoms with Gasteiger partial charge in [-0.1, -0.05) is 19.1 Å². The van der Waals surface area contributed by atoms with Crippen LogP contribution >= 0.6 is 0 Å². The average Bonchev–Trinajstić information content (AvgIpc) is 3.52. The van der Waals surface area contributed by atoms with Crippen LogP contribution in [0.1, 0.15) is 47.8 Å². The number of likely N-dealkylation sites (tertiary alicyclic amines) is 2. The predicted octanol–water partition coefficient (Wildman–Crippen LogP) is 4.40. The molecule has 7 nitrogen and oxygen atoms in total. The van der Waals surface area contributed by atoms with Gasteiger partial charge in [0.2, 0.25) is 0 Å². The number of anilines is 1. The molecule has 3 aliphatic rings. The van der Waals surface area contributed by atoms with Crippen molar-refractivity contribution in [2.24, 2.45) is 11.8 Å². The van der Waals surface area contributed by atoms with Crippen molar-refractivity contribution in [2.45, 2.75) is 44.6 Å². The molecular weight excluding hydrogens is 476 g/mol. The van der Waals surface area contributed by atoms with Crippen LogP contribution in [0.3, 0.4) is 0 Å². The summed E-state index contributed by atoms with van der Waals surface area (Å²) >= 11 is 0. The van der Waals surface area contributed by atoms with Crippen molar-refractivity contribution >= 4 is 22.5 Å². The molecule has 2 fully saturated rings. The zero-order valence-electron chi connectivity index (χ0n) is 22.8. The summed E-state index contributed by atoms with van der Waals surface area (Å²) in [6.45, 7) is 9.64. The van der Waals surface area contributed by atoms with Crippen molar-refractivity contribution in [1.29, 1.82) is 0 Å². The Labute approximate surface area is 225 Å². The summed E-state index contributed by atoms with van der Waals surface area (Å²) in [6.07, 6.45) is 2.44. The number of β-amino-alcohol motifs (C(OH)–C–C–N with tert-alkyl or cyclic N) is 1. The molecule has 3 aliphatic heterocycles. The third kappa shape index (κ3) is 4.46. The SMILES string of the molecule is COc1ccc2[nH]c(C(=O)N3CCC(C(O)CN4CC[C@]5(CNc6cc(C)ccc65)[C@H](C)C4)CC3)cc2c1. The maximum absolute atomic E-state index is 13.2. The maximum Gasteiger partial charge on any atom is 0.270 e. The van der Waals surface area contributed by atoms with Crippen molar-refractivity contribution in [3.05, 3.63) is 59.3 Å². The largest absolute Gasteiger partial charge is 0.497 e. The first-order valence-corrected chi connectivity index (χ1v) is 14.1. The quantitative estimate of drug-likeness (QED) is 0.468. The van der Waals surface area contributed by atoms with Gasteiger partial charge in [-0.3, -0.25) is 4.79 Å². The van der Waals surface area contributed by atoms with E-state index >= 15 is 0 Å². The molecule has 2 aromatic carbocycles. The van der Waals surface area contributed by atoms with E-state index in [1.54, 1.807) is 7.11 Å². The number of nitrogens with one attached hydrogen (secondary N) is 2. The number of benzene rings is 2. The van der Waals surface area contributed by atoms with E-state index in [0.29, 0.717) is 24.7 Å². The minimum atomic E-state index is -0.356. The second-order valence-corrected chi connectivity index (χ2v) is 11.8. The van der Waals surface area contributed by atoms with Crippen LogP contribution in [0, 0.1) is 18.8 Å². The molecule has 1 unspecified atom stereocenters. The van der Waals surface area contributed by atoms with Crippen LogP contribution in [0.2, 0.25) is 0 Å². The van der Waals surface area contributed by atoms with E-state index < -0.39 is 0 Å². The Balaban J connectivity index is 1.02. The van der Waals surface area contributed by atoms with E-state index in [-0.39, 0.29) is 23.3 Å². The molecule has 3 atom stereocenters. The van der Waals surface area contributed by atoms with Crippen LogP contribution < -0.4 is 10.1 Å². The summed E-state index contributed by atoms with van der Waals surface area (Å²) in [4.78, 5) is 20.8.